The molecule has 1 aliphatic rings. The number of carbonyl (C=O) groups excluding carboxylic acids is 2. The number of nitrogens with zero attached hydrogens (tertiary/aromatic N) is 1. The summed E-state index contributed by atoms with van der Waals surface area (Å²) >= 11 is 0. The first-order valence-corrected chi connectivity index (χ1v) is 5.16. The lowest BCUT2D eigenvalue weighted by Crippen LogP contribution is -2.40. The highest BCUT2D eigenvalue weighted by molar-refractivity contribution is 5.97. The second kappa shape index (κ2) is 4.30. The number of carbonyl (C=O) groups is 2. The van der Waals surface area contributed by atoms with Gasteiger partial charge in [-0.3, -0.25) is 14.4 Å². The number of pyridine rings is 1. The zero-order valence-corrected chi connectivity index (χ0v) is 8.73. The maximum Gasteiger partial charge on any atom is 0.254 e. The van der Waals surface area contributed by atoms with Crippen molar-refractivity contribution in [3.63, 3.8) is 0 Å². The number of piperidine rings is 1. The fourth-order valence-corrected chi connectivity index (χ4v) is 1.77. The molecular weight excluding hydrogens is 208 g/mol. The van der Waals surface area contributed by atoms with Gasteiger partial charge in [-0.05, 0) is 12.5 Å². The maximum atomic E-state index is 11.9. The van der Waals surface area contributed by atoms with Gasteiger partial charge in [0.15, 0.2) is 5.78 Å². The molecule has 2 rings (SSSR count). The lowest BCUT2D eigenvalue weighted by molar-refractivity contribution is -0.121. The molecule has 5 nitrogen and oxygen atoms in total. The number of hydrogen-bond donors (Lipinski definition) is 1. The van der Waals surface area contributed by atoms with Gasteiger partial charge in [0.05, 0.1) is 6.54 Å². The van der Waals surface area contributed by atoms with Crippen molar-refractivity contribution in [2.24, 2.45) is 0 Å². The van der Waals surface area contributed by atoms with Crippen LogP contribution in [0.2, 0.25) is 0 Å². The highest BCUT2D eigenvalue weighted by Gasteiger charge is 2.22. The Labute approximate surface area is 92.1 Å². The lowest BCUT2D eigenvalue weighted by atomic mass is 10.1. The van der Waals surface area contributed by atoms with Crippen LogP contribution in [-0.2, 0) is 4.79 Å². The quantitative estimate of drug-likeness (QED) is 0.734. The zero-order valence-electron chi connectivity index (χ0n) is 8.73. The zero-order chi connectivity index (χ0) is 11.5. The number of nitrogens with one attached hydrogen (secondary N) is 1. The number of rotatable bonds is 1. The van der Waals surface area contributed by atoms with Gasteiger partial charge in [-0.1, -0.05) is 0 Å². The van der Waals surface area contributed by atoms with Crippen LogP contribution in [0, 0.1) is 0 Å². The van der Waals surface area contributed by atoms with E-state index in [-0.39, 0.29) is 23.8 Å². The Morgan fingerprint density at radius 1 is 1.38 bits per heavy atom. The van der Waals surface area contributed by atoms with Crippen LogP contribution in [0.3, 0.4) is 0 Å². The standard InChI is InChI=1S/C11H12N2O3/c14-9-2-1-5-13(7-9)11(16)8-3-4-12-10(15)6-8/h3-4,6H,1-2,5,7H2,(H,12,15). The van der Waals surface area contributed by atoms with Crippen molar-refractivity contribution < 1.29 is 9.59 Å². The summed E-state index contributed by atoms with van der Waals surface area (Å²) in [6, 6.07) is 2.80. The summed E-state index contributed by atoms with van der Waals surface area (Å²) in [4.78, 5) is 38.1. The fourth-order valence-electron chi connectivity index (χ4n) is 1.77. The summed E-state index contributed by atoms with van der Waals surface area (Å²) in [7, 11) is 0. The number of aromatic amines is 1. The molecule has 5 heteroatoms. The molecule has 1 aliphatic heterocycles. The molecule has 0 radical (unpaired) electrons. The molecule has 0 saturated carbocycles. The molecule has 1 aromatic rings. The molecular formula is C11H12N2O3. The molecule has 0 spiro atoms. The van der Waals surface area contributed by atoms with Gasteiger partial charge in [0.25, 0.3) is 5.91 Å². The first-order valence-electron chi connectivity index (χ1n) is 5.16. The van der Waals surface area contributed by atoms with Gasteiger partial charge in [-0.2, -0.15) is 0 Å². The number of aromatic nitrogens is 1. The van der Waals surface area contributed by atoms with E-state index in [4.69, 9.17) is 0 Å². The van der Waals surface area contributed by atoms with Gasteiger partial charge in [-0.25, -0.2) is 0 Å². The first-order chi connectivity index (χ1) is 7.66. The van der Waals surface area contributed by atoms with Gasteiger partial charge in [0.2, 0.25) is 5.56 Å². The number of Topliss-reactive ketones (excluding diaryl/α,β-unsaturated/α-hetero) is 1. The van der Waals surface area contributed by atoms with E-state index in [9.17, 15) is 14.4 Å². The van der Waals surface area contributed by atoms with Crippen LogP contribution >= 0.6 is 0 Å². The van der Waals surface area contributed by atoms with Crippen molar-refractivity contribution in [3.8, 4) is 0 Å². The van der Waals surface area contributed by atoms with E-state index in [1.807, 2.05) is 0 Å². The SMILES string of the molecule is O=C1CCCN(C(=O)c2cc[nH]c(=O)c2)C1. The predicted octanol–water partition coefficient (Wildman–Crippen LogP) is 0.180. The molecule has 1 N–H and O–H groups in total. The van der Waals surface area contributed by atoms with Crippen LogP contribution in [0.15, 0.2) is 23.1 Å². The molecule has 0 atom stereocenters. The number of ketones is 1. The maximum absolute atomic E-state index is 11.9. The van der Waals surface area contributed by atoms with Crippen LogP contribution in [0.1, 0.15) is 23.2 Å². The van der Waals surface area contributed by atoms with Crippen LogP contribution in [0.5, 0.6) is 0 Å². The number of hydrogen-bond acceptors (Lipinski definition) is 3. The van der Waals surface area contributed by atoms with E-state index in [0.717, 1.165) is 0 Å². The minimum absolute atomic E-state index is 0.0736. The fraction of sp³-hybridized carbons (Fsp3) is 0.364. The molecule has 1 saturated heterocycles. The van der Waals surface area contributed by atoms with Crippen molar-refractivity contribution in [2.75, 3.05) is 13.1 Å². The molecule has 1 aromatic heterocycles. The van der Waals surface area contributed by atoms with E-state index >= 15 is 0 Å². The summed E-state index contributed by atoms with van der Waals surface area (Å²) in [5, 5.41) is 0. The van der Waals surface area contributed by atoms with Crippen molar-refractivity contribution in [1.29, 1.82) is 0 Å². The van der Waals surface area contributed by atoms with Gasteiger partial charge in [-0.15, -0.1) is 0 Å². The summed E-state index contributed by atoms with van der Waals surface area (Å²) in [5.41, 5.74) is 0.0210. The van der Waals surface area contributed by atoms with Crippen molar-refractivity contribution in [2.45, 2.75) is 12.8 Å². The van der Waals surface area contributed by atoms with Crippen LogP contribution in [-0.4, -0.2) is 34.7 Å². The summed E-state index contributed by atoms with van der Waals surface area (Å²) in [6.45, 7) is 0.739. The van der Waals surface area contributed by atoms with Gasteiger partial charge in [0.1, 0.15) is 0 Å². The first kappa shape index (κ1) is 10.6. The largest absolute Gasteiger partial charge is 0.331 e. The van der Waals surface area contributed by atoms with Crippen LogP contribution in [0.25, 0.3) is 0 Å². The van der Waals surface area contributed by atoms with Gasteiger partial charge < -0.3 is 9.88 Å². The number of amides is 1. The lowest BCUT2D eigenvalue weighted by Gasteiger charge is -2.25. The summed E-state index contributed by atoms with van der Waals surface area (Å²) in [5.74, 6) is -0.177. The second-order valence-corrected chi connectivity index (χ2v) is 3.81. The summed E-state index contributed by atoms with van der Waals surface area (Å²) < 4.78 is 0. The average molecular weight is 220 g/mol. The molecule has 0 unspecified atom stereocenters. The highest BCUT2D eigenvalue weighted by Crippen LogP contribution is 2.09. The molecule has 0 bridgehead atoms. The van der Waals surface area contributed by atoms with Crippen molar-refractivity contribution >= 4 is 11.7 Å². The Balaban J connectivity index is 2.18. The topological polar surface area (TPSA) is 70.2 Å². The van der Waals surface area contributed by atoms with E-state index in [1.54, 1.807) is 6.07 Å². The molecule has 0 aliphatic carbocycles. The molecule has 2 heterocycles. The van der Waals surface area contributed by atoms with E-state index in [0.29, 0.717) is 24.9 Å². The summed E-state index contributed by atoms with van der Waals surface area (Å²) in [6.07, 6.45) is 2.67. The molecule has 1 amide bonds. The molecule has 16 heavy (non-hydrogen) atoms. The molecule has 0 aromatic carbocycles. The Hall–Kier alpha value is -1.91. The monoisotopic (exact) mass is 220 g/mol. The third kappa shape index (κ3) is 2.18. The Kier molecular flexibility index (Phi) is 2.85. The van der Waals surface area contributed by atoms with E-state index in [1.165, 1.54) is 17.2 Å². The van der Waals surface area contributed by atoms with Crippen LogP contribution in [0.4, 0.5) is 0 Å². The predicted molar refractivity (Wildman–Crippen MR) is 57.2 cm³/mol. The molecule has 1 fully saturated rings. The van der Waals surface area contributed by atoms with Gasteiger partial charge in [0, 0.05) is 30.8 Å². The minimum atomic E-state index is -0.311. The van der Waals surface area contributed by atoms with E-state index in [2.05, 4.69) is 4.98 Å². The minimum Gasteiger partial charge on any atom is -0.331 e. The number of likely N-dealkylation sites (tertiary alicyclic amines) is 1. The Morgan fingerprint density at radius 2 is 2.19 bits per heavy atom. The third-order valence-electron chi connectivity index (χ3n) is 2.56. The van der Waals surface area contributed by atoms with Crippen molar-refractivity contribution in [3.05, 3.63) is 34.2 Å². The Bertz CT molecular complexity index is 478. The normalized spacial score (nSPS) is 16.2. The Morgan fingerprint density at radius 3 is 2.88 bits per heavy atom. The van der Waals surface area contributed by atoms with Gasteiger partial charge >= 0.3 is 0 Å². The highest BCUT2D eigenvalue weighted by atomic mass is 16.2. The second-order valence-electron chi connectivity index (χ2n) is 3.81. The van der Waals surface area contributed by atoms with E-state index < -0.39 is 0 Å². The average Bonchev–Trinajstić information content (AvgIpc) is 2.28. The third-order valence-corrected chi connectivity index (χ3v) is 2.56. The van der Waals surface area contributed by atoms with Crippen molar-refractivity contribution in [1.82, 2.24) is 9.88 Å². The molecule has 84 valence electrons. The van der Waals surface area contributed by atoms with Crippen LogP contribution < -0.4 is 5.56 Å². The smallest absolute Gasteiger partial charge is 0.254 e. The number of H-pyrrole nitrogens is 1.